The lowest BCUT2D eigenvalue weighted by Gasteiger charge is -2.23. The standard InChI is InChI=1S/C12H24F2/c1-10(2)6-7-12(13,14)9-8-11(3,4)5/h10H,6-9H2,1-5H3. The van der Waals surface area contributed by atoms with Crippen LogP contribution in [0.1, 0.15) is 60.3 Å². The van der Waals surface area contributed by atoms with Crippen molar-refractivity contribution < 1.29 is 8.78 Å². The average Bonchev–Trinajstić information content (AvgIpc) is 1.97. The maximum Gasteiger partial charge on any atom is 0.248 e. The predicted molar refractivity (Wildman–Crippen MR) is 57.7 cm³/mol. The predicted octanol–water partition coefficient (Wildman–Crippen LogP) is 4.88. The Kier molecular flexibility index (Phi) is 5.03. The first-order valence-corrected chi connectivity index (χ1v) is 5.50. The van der Waals surface area contributed by atoms with E-state index in [2.05, 4.69) is 0 Å². The maximum atomic E-state index is 13.3. The van der Waals surface area contributed by atoms with E-state index in [0.29, 0.717) is 18.8 Å². The molecule has 0 aliphatic heterocycles. The van der Waals surface area contributed by atoms with Gasteiger partial charge in [0.15, 0.2) is 0 Å². The normalized spacial score (nSPS) is 13.7. The van der Waals surface area contributed by atoms with Gasteiger partial charge in [-0.15, -0.1) is 0 Å². The Bertz CT molecular complexity index is 154. The van der Waals surface area contributed by atoms with E-state index in [1.54, 1.807) is 0 Å². The Morgan fingerprint density at radius 3 is 1.79 bits per heavy atom. The fourth-order valence-corrected chi connectivity index (χ4v) is 1.18. The van der Waals surface area contributed by atoms with Crippen molar-refractivity contribution in [2.24, 2.45) is 11.3 Å². The number of alkyl halides is 2. The van der Waals surface area contributed by atoms with Gasteiger partial charge in [-0.3, -0.25) is 0 Å². The molecule has 0 rings (SSSR count). The molecule has 0 unspecified atom stereocenters. The number of halogens is 2. The molecule has 2 heteroatoms. The SMILES string of the molecule is CC(C)CCC(F)(F)CCC(C)(C)C. The second-order valence-corrected chi connectivity index (χ2v) is 5.85. The molecule has 14 heavy (non-hydrogen) atoms. The quantitative estimate of drug-likeness (QED) is 0.601. The van der Waals surface area contributed by atoms with Crippen molar-refractivity contribution in [3.8, 4) is 0 Å². The summed E-state index contributed by atoms with van der Waals surface area (Å²) in [6, 6.07) is 0. The molecule has 0 saturated heterocycles. The van der Waals surface area contributed by atoms with E-state index in [1.807, 2.05) is 34.6 Å². The Morgan fingerprint density at radius 2 is 1.43 bits per heavy atom. The highest BCUT2D eigenvalue weighted by Gasteiger charge is 2.30. The van der Waals surface area contributed by atoms with Crippen LogP contribution in [-0.2, 0) is 0 Å². The Labute approximate surface area is 87.1 Å². The summed E-state index contributed by atoms with van der Waals surface area (Å²) in [6.45, 7) is 9.99. The van der Waals surface area contributed by atoms with E-state index in [9.17, 15) is 8.78 Å². The third-order valence-electron chi connectivity index (χ3n) is 2.33. The molecule has 0 aromatic heterocycles. The van der Waals surface area contributed by atoms with Crippen LogP contribution in [0.25, 0.3) is 0 Å². The molecule has 0 nitrogen and oxygen atoms in total. The largest absolute Gasteiger partial charge is 0.248 e. The van der Waals surface area contributed by atoms with Crippen LogP contribution < -0.4 is 0 Å². The van der Waals surface area contributed by atoms with Crippen LogP contribution in [-0.4, -0.2) is 5.92 Å². The van der Waals surface area contributed by atoms with E-state index in [0.717, 1.165) is 0 Å². The molecular formula is C12H24F2. The molecule has 0 aromatic rings. The summed E-state index contributed by atoms with van der Waals surface area (Å²) >= 11 is 0. The zero-order valence-corrected chi connectivity index (χ0v) is 10.2. The highest BCUT2D eigenvalue weighted by Crippen LogP contribution is 2.32. The second kappa shape index (κ2) is 5.09. The highest BCUT2D eigenvalue weighted by atomic mass is 19.3. The van der Waals surface area contributed by atoms with Gasteiger partial charge in [0.1, 0.15) is 0 Å². The lowest BCUT2D eigenvalue weighted by atomic mass is 9.88. The van der Waals surface area contributed by atoms with Gasteiger partial charge in [-0.1, -0.05) is 34.6 Å². The molecule has 86 valence electrons. The first kappa shape index (κ1) is 13.9. The van der Waals surface area contributed by atoms with Crippen LogP contribution in [0.3, 0.4) is 0 Å². The van der Waals surface area contributed by atoms with Crippen LogP contribution in [0, 0.1) is 11.3 Å². The third kappa shape index (κ3) is 8.46. The summed E-state index contributed by atoms with van der Waals surface area (Å²) in [5.74, 6) is -2.09. The van der Waals surface area contributed by atoms with Gasteiger partial charge in [0.05, 0.1) is 0 Å². The molecule has 0 amide bonds. The van der Waals surface area contributed by atoms with Gasteiger partial charge in [0.25, 0.3) is 0 Å². The lowest BCUT2D eigenvalue weighted by Crippen LogP contribution is -2.20. The van der Waals surface area contributed by atoms with E-state index in [4.69, 9.17) is 0 Å². The molecule has 0 heterocycles. The zero-order chi connectivity index (χ0) is 11.4. The van der Waals surface area contributed by atoms with Crippen molar-refractivity contribution in [2.45, 2.75) is 66.2 Å². The molecule has 0 atom stereocenters. The molecule has 0 aromatic carbocycles. The molecule has 0 radical (unpaired) electrons. The Morgan fingerprint density at radius 1 is 0.929 bits per heavy atom. The van der Waals surface area contributed by atoms with Gasteiger partial charge in [-0.2, -0.15) is 0 Å². The molecule has 0 spiro atoms. The minimum Gasteiger partial charge on any atom is -0.207 e. The lowest BCUT2D eigenvalue weighted by molar-refractivity contribution is -0.0293. The molecule has 0 N–H and O–H groups in total. The highest BCUT2D eigenvalue weighted by molar-refractivity contribution is 4.72. The van der Waals surface area contributed by atoms with Crippen LogP contribution in [0.5, 0.6) is 0 Å². The zero-order valence-electron chi connectivity index (χ0n) is 10.2. The summed E-state index contributed by atoms with van der Waals surface area (Å²) in [7, 11) is 0. The fraction of sp³-hybridized carbons (Fsp3) is 1.00. The number of hydrogen-bond donors (Lipinski definition) is 0. The summed E-state index contributed by atoms with van der Waals surface area (Å²) in [4.78, 5) is 0. The molecular weight excluding hydrogens is 182 g/mol. The number of hydrogen-bond acceptors (Lipinski definition) is 0. The smallest absolute Gasteiger partial charge is 0.207 e. The monoisotopic (exact) mass is 206 g/mol. The topological polar surface area (TPSA) is 0 Å². The fourth-order valence-electron chi connectivity index (χ4n) is 1.18. The Hall–Kier alpha value is -0.140. The van der Waals surface area contributed by atoms with Gasteiger partial charge < -0.3 is 0 Å². The first-order valence-electron chi connectivity index (χ1n) is 5.50. The van der Waals surface area contributed by atoms with Crippen LogP contribution in [0.2, 0.25) is 0 Å². The third-order valence-corrected chi connectivity index (χ3v) is 2.33. The van der Waals surface area contributed by atoms with E-state index in [1.165, 1.54) is 0 Å². The van der Waals surface area contributed by atoms with Crippen molar-refractivity contribution in [1.29, 1.82) is 0 Å². The van der Waals surface area contributed by atoms with Crippen molar-refractivity contribution >= 4 is 0 Å². The van der Waals surface area contributed by atoms with Gasteiger partial charge in [0, 0.05) is 12.8 Å². The van der Waals surface area contributed by atoms with Crippen molar-refractivity contribution in [3.63, 3.8) is 0 Å². The molecule has 0 fully saturated rings. The molecule has 0 aliphatic carbocycles. The summed E-state index contributed by atoms with van der Waals surface area (Å²) < 4.78 is 26.6. The van der Waals surface area contributed by atoms with E-state index in [-0.39, 0.29) is 18.3 Å². The molecule has 0 saturated carbocycles. The average molecular weight is 206 g/mol. The van der Waals surface area contributed by atoms with Crippen molar-refractivity contribution in [1.82, 2.24) is 0 Å². The van der Waals surface area contributed by atoms with Crippen LogP contribution in [0.4, 0.5) is 8.78 Å². The Balaban J connectivity index is 3.83. The summed E-state index contributed by atoms with van der Waals surface area (Å²) in [6.07, 6.45) is 1.29. The minimum absolute atomic E-state index is 0.0151. The first-order chi connectivity index (χ1) is 6.12. The van der Waals surface area contributed by atoms with Crippen molar-refractivity contribution in [3.05, 3.63) is 0 Å². The minimum atomic E-state index is -2.46. The molecule has 0 bridgehead atoms. The summed E-state index contributed by atoms with van der Waals surface area (Å²) in [5, 5.41) is 0. The van der Waals surface area contributed by atoms with Crippen LogP contribution >= 0.6 is 0 Å². The summed E-state index contributed by atoms with van der Waals surface area (Å²) in [5.41, 5.74) is 0.0151. The molecule has 0 aliphatic rings. The van der Waals surface area contributed by atoms with Crippen molar-refractivity contribution in [2.75, 3.05) is 0 Å². The van der Waals surface area contributed by atoms with E-state index >= 15 is 0 Å². The van der Waals surface area contributed by atoms with Gasteiger partial charge >= 0.3 is 0 Å². The van der Waals surface area contributed by atoms with Gasteiger partial charge in [-0.25, -0.2) is 8.78 Å². The number of rotatable bonds is 5. The van der Waals surface area contributed by atoms with Gasteiger partial charge in [0.2, 0.25) is 5.92 Å². The second-order valence-electron chi connectivity index (χ2n) is 5.85. The van der Waals surface area contributed by atoms with Crippen LogP contribution in [0.15, 0.2) is 0 Å². The maximum absolute atomic E-state index is 13.3. The van der Waals surface area contributed by atoms with Gasteiger partial charge in [-0.05, 0) is 24.2 Å². The van der Waals surface area contributed by atoms with E-state index < -0.39 is 5.92 Å².